The number of hydrogen-bond donors (Lipinski definition) is 2. The van der Waals surface area contributed by atoms with Crippen molar-refractivity contribution >= 4 is 37.8 Å². The number of hydrazine groups is 1. The van der Waals surface area contributed by atoms with Crippen molar-refractivity contribution in [2.75, 3.05) is 12.3 Å². The summed E-state index contributed by atoms with van der Waals surface area (Å²) in [5.74, 6) is -0.980. The minimum Gasteiger partial charge on any atom is -0.345 e. The Morgan fingerprint density at radius 2 is 2.08 bits per heavy atom. The van der Waals surface area contributed by atoms with Gasteiger partial charge in [0.2, 0.25) is 10.0 Å². The maximum atomic E-state index is 12.3. The molecule has 2 N–H and O–H groups in total. The van der Waals surface area contributed by atoms with Gasteiger partial charge in [0.05, 0.1) is 5.75 Å². The lowest BCUT2D eigenvalue weighted by Gasteiger charge is -2.23. The molecule has 1 aliphatic heterocycles. The highest BCUT2D eigenvalue weighted by Gasteiger charge is 2.38. The summed E-state index contributed by atoms with van der Waals surface area (Å²) in [5.41, 5.74) is 5.03. The molecule has 0 spiro atoms. The summed E-state index contributed by atoms with van der Waals surface area (Å²) in [6.45, 7) is 2.11. The van der Waals surface area contributed by atoms with Crippen molar-refractivity contribution in [2.45, 2.75) is 32.2 Å². The van der Waals surface area contributed by atoms with Crippen LogP contribution in [-0.2, 0) is 21.9 Å². The number of aromatic nitrogens is 1. The van der Waals surface area contributed by atoms with Crippen LogP contribution in [0.2, 0.25) is 0 Å². The molecule has 24 heavy (non-hydrogen) atoms. The van der Waals surface area contributed by atoms with Crippen molar-refractivity contribution in [3.8, 4) is 0 Å². The highest BCUT2D eigenvalue weighted by Crippen LogP contribution is 2.22. The molecule has 1 unspecified atom stereocenters. The first-order chi connectivity index (χ1) is 11.3. The molecule has 8 nitrogen and oxygen atoms in total. The zero-order valence-corrected chi connectivity index (χ0v) is 16.0. The molecule has 0 radical (unpaired) electrons. The largest absolute Gasteiger partial charge is 0.345 e. The van der Waals surface area contributed by atoms with Gasteiger partial charge < -0.3 is 4.57 Å². The van der Waals surface area contributed by atoms with E-state index in [9.17, 15) is 18.0 Å². The maximum absolute atomic E-state index is 12.3. The lowest BCUT2D eigenvalue weighted by atomic mass is 10.2. The van der Waals surface area contributed by atoms with Crippen LogP contribution in [0.15, 0.2) is 16.7 Å². The van der Waals surface area contributed by atoms with Crippen LogP contribution in [0, 0.1) is 0 Å². The van der Waals surface area contributed by atoms with Gasteiger partial charge in [0.1, 0.15) is 11.7 Å². The SMILES string of the molecule is CCCS(=O)(=O)N1CCCC1C(=O)NNC(=O)c1cc(Br)cn1C. The molecule has 134 valence electrons. The van der Waals surface area contributed by atoms with Gasteiger partial charge in [-0.05, 0) is 41.3 Å². The third-order valence-electron chi connectivity index (χ3n) is 3.83. The van der Waals surface area contributed by atoms with Crippen LogP contribution in [0.3, 0.4) is 0 Å². The van der Waals surface area contributed by atoms with Gasteiger partial charge >= 0.3 is 0 Å². The van der Waals surface area contributed by atoms with Crippen molar-refractivity contribution in [1.29, 1.82) is 0 Å². The number of aryl methyl sites for hydroxylation is 1. The van der Waals surface area contributed by atoms with Gasteiger partial charge in [-0.1, -0.05) is 6.92 Å². The van der Waals surface area contributed by atoms with Crippen LogP contribution in [-0.4, -0.2) is 47.4 Å². The minimum atomic E-state index is -3.45. The van der Waals surface area contributed by atoms with Crippen molar-refractivity contribution < 1.29 is 18.0 Å². The number of carbonyl (C=O) groups is 2. The molecular weight excluding hydrogens is 400 g/mol. The highest BCUT2D eigenvalue weighted by atomic mass is 79.9. The monoisotopic (exact) mass is 420 g/mol. The van der Waals surface area contributed by atoms with E-state index < -0.39 is 27.9 Å². The van der Waals surface area contributed by atoms with Crippen LogP contribution in [0.25, 0.3) is 0 Å². The fourth-order valence-electron chi connectivity index (χ4n) is 2.73. The van der Waals surface area contributed by atoms with Gasteiger partial charge in [-0.3, -0.25) is 20.4 Å². The van der Waals surface area contributed by atoms with Crippen molar-refractivity contribution in [1.82, 2.24) is 19.7 Å². The predicted molar refractivity (Wildman–Crippen MR) is 92.5 cm³/mol. The number of nitrogens with zero attached hydrogens (tertiary/aromatic N) is 2. The predicted octanol–water partition coefficient (Wildman–Crippen LogP) is 0.753. The zero-order chi connectivity index (χ0) is 17.9. The highest BCUT2D eigenvalue weighted by molar-refractivity contribution is 9.10. The maximum Gasteiger partial charge on any atom is 0.286 e. The van der Waals surface area contributed by atoms with Crippen LogP contribution >= 0.6 is 15.9 Å². The van der Waals surface area contributed by atoms with E-state index in [0.29, 0.717) is 31.5 Å². The van der Waals surface area contributed by atoms with Gasteiger partial charge in [0.15, 0.2) is 0 Å². The van der Waals surface area contributed by atoms with Crippen LogP contribution in [0.1, 0.15) is 36.7 Å². The Hall–Kier alpha value is -1.39. The molecule has 10 heteroatoms. The molecule has 2 heterocycles. The van der Waals surface area contributed by atoms with E-state index >= 15 is 0 Å². The van der Waals surface area contributed by atoms with Crippen LogP contribution in [0.5, 0.6) is 0 Å². The number of halogens is 1. The normalized spacial score (nSPS) is 18.5. The third-order valence-corrected chi connectivity index (χ3v) is 6.34. The van der Waals surface area contributed by atoms with Crippen molar-refractivity contribution in [3.05, 3.63) is 22.4 Å². The van der Waals surface area contributed by atoms with Gasteiger partial charge in [-0.2, -0.15) is 4.31 Å². The summed E-state index contributed by atoms with van der Waals surface area (Å²) >= 11 is 3.27. The van der Waals surface area contributed by atoms with E-state index in [1.165, 1.54) is 4.31 Å². The van der Waals surface area contributed by atoms with E-state index in [2.05, 4.69) is 26.8 Å². The summed E-state index contributed by atoms with van der Waals surface area (Å²) in [4.78, 5) is 24.4. The lowest BCUT2D eigenvalue weighted by Crippen LogP contribution is -2.52. The molecular formula is C14H21BrN4O4S. The third kappa shape index (κ3) is 4.17. The number of amides is 2. The quantitative estimate of drug-likeness (QED) is 0.686. The van der Waals surface area contributed by atoms with E-state index in [0.717, 1.165) is 4.47 Å². The minimum absolute atomic E-state index is 0.0144. The van der Waals surface area contributed by atoms with Gasteiger partial charge in [0, 0.05) is 24.3 Å². The molecule has 0 saturated carbocycles. The van der Waals surface area contributed by atoms with Crippen molar-refractivity contribution in [2.24, 2.45) is 7.05 Å². The van der Waals surface area contributed by atoms with Crippen LogP contribution in [0.4, 0.5) is 0 Å². The molecule has 1 fully saturated rings. The number of sulfonamides is 1. The summed E-state index contributed by atoms with van der Waals surface area (Å²) in [7, 11) is -1.74. The molecule has 0 bridgehead atoms. The first kappa shape index (κ1) is 18.9. The molecule has 1 saturated heterocycles. The number of hydrogen-bond acceptors (Lipinski definition) is 4. The Labute approximate surface area is 149 Å². The molecule has 0 aliphatic carbocycles. The van der Waals surface area contributed by atoms with Gasteiger partial charge in [0.25, 0.3) is 11.8 Å². The molecule has 1 aromatic rings. The first-order valence-corrected chi connectivity index (χ1v) is 10.1. The first-order valence-electron chi connectivity index (χ1n) is 7.68. The number of rotatable bonds is 5. The summed E-state index contributed by atoms with van der Waals surface area (Å²) < 4.78 is 28.0. The molecule has 2 rings (SSSR count). The average Bonchev–Trinajstić information content (AvgIpc) is 3.11. The summed E-state index contributed by atoms with van der Waals surface area (Å²) in [6.07, 6.45) is 3.28. The second-order valence-electron chi connectivity index (χ2n) is 5.68. The van der Waals surface area contributed by atoms with Crippen LogP contribution < -0.4 is 10.9 Å². The van der Waals surface area contributed by atoms with Crippen molar-refractivity contribution in [3.63, 3.8) is 0 Å². The fraction of sp³-hybridized carbons (Fsp3) is 0.571. The Kier molecular flexibility index (Phi) is 6.05. The van der Waals surface area contributed by atoms with E-state index in [-0.39, 0.29) is 5.75 Å². The van der Waals surface area contributed by atoms with E-state index in [4.69, 9.17) is 0 Å². The molecule has 1 aliphatic rings. The van der Waals surface area contributed by atoms with Gasteiger partial charge in [-0.15, -0.1) is 0 Å². The second kappa shape index (κ2) is 7.66. The van der Waals surface area contributed by atoms with Gasteiger partial charge in [-0.25, -0.2) is 8.42 Å². The Morgan fingerprint density at radius 3 is 2.67 bits per heavy atom. The number of nitrogens with one attached hydrogen (secondary N) is 2. The summed E-state index contributed by atoms with van der Waals surface area (Å²) in [5, 5.41) is 0. The molecule has 1 atom stereocenters. The van der Waals surface area contributed by atoms with E-state index in [1.807, 2.05) is 0 Å². The average molecular weight is 421 g/mol. The smallest absolute Gasteiger partial charge is 0.286 e. The molecule has 2 amide bonds. The topological polar surface area (TPSA) is 101 Å². The fourth-order valence-corrected chi connectivity index (χ4v) is 5.00. The summed E-state index contributed by atoms with van der Waals surface area (Å²) in [6, 6.07) is 0.844. The Morgan fingerprint density at radius 1 is 1.38 bits per heavy atom. The standard InChI is InChI=1S/C14H21BrN4O4S/c1-3-7-24(22,23)19-6-4-5-11(19)13(20)16-17-14(21)12-8-10(15)9-18(12)2/h8-9,11H,3-7H2,1-2H3,(H,16,20)(H,17,21). The molecule has 0 aromatic carbocycles. The zero-order valence-electron chi connectivity index (χ0n) is 13.6. The Bertz CT molecular complexity index is 731. The number of carbonyl (C=O) groups excluding carboxylic acids is 2. The lowest BCUT2D eigenvalue weighted by molar-refractivity contribution is -0.125. The molecule has 1 aromatic heterocycles. The van der Waals surface area contributed by atoms with E-state index in [1.54, 1.807) is 30.8 Å². The second-order valence-corrected chi connectivity index (χ2v) is 8.64. The Balaban J connectivity index is 1.99.